The zero-order chi connectivity index (χ0) is 30.6. The van der Waals surface area contributed by atoms with E-state index < -0.39 is 74.2 Å². The molecule has 16 heteroatoms. The minimum Gasteiger partial charge on any atom is -0.510 e. The zero-order valence-corrected chi connectivity index (χ0v) is 22.9. The molecule has 0 radical (unpaired) electrons. The van der Waals surface area contributed by atoms with E-state index in [2.05, 4.69) is 5.32 Å². The summed E-state index contributed by atoms with van der Waals surface area (Å²) in [4.78, 5) is 40.4. The van der Waals surface area contributed by atoms with Gasteiger partial charge in [-0.05, 0) is 58.3 Å². The van der Waals surface area contributed by atoms with Crippen molar-refractivity contribution in [1.82, 2.24) is 4.90 Å². The van der Waals surface area contributed by atoms with E-state index in [1.807, 2.05) is 13.8 Å². The van der Waals surface area contributed by atoms with Crippen LogP contribution in [0.25, 0.3) is 0 Å². The number of nitrogen functional groups attached to an aromatic ring is 1. The van der Waals surface area contributed by atoms with Gasteiger partial charge in [0.2, 0.25) is 5.78 Å². The number of likely N-dealkylation sites (N-methyl/N-ethyl adjacent to an activating group) is 1. The minimum absolute atomic E-state index is 0.0108. The van der Waals surface area contributed by atoms with E-state index in [0.717, 1.165) is 0 Å². The van der Waals surface area contributed by atoms with Crippen LogP contribution in [-0.2, 0) is 26.4 Å². The lowest BCUT2D eigenvalue weighted by molar-refractivity contribution is -0.148. The number of Topliss-reactive ketones (excluding diaryl/α,β-unsaturated/α-hetero) is 2. The van der Waals surface area contributed by atoms with E-state index in [0.29, 0.717) is 11.3 Å². The molecule has 0 saturated carbocycles. The van der Waals surface area contributed by atoms with E-state index in [4.69, 9.17) is 29.0 Å². The third-order valence-corrected chi connectivity index (χ3v) is 7.20. The largest absolute Gasteiger partial charge is 0.510 e. The van der Waals surface area contributed by atoms with Crippen molar-refractivity contribution in [3.05, 3.63) is 39.9 Å². The number of carbonyl (C=O) groups excluding carboxylic acids is 3. The molecule has 0 heterocycles. The first-order valence-electron chi connectivity index (χ1n) is 12.0. The number of primary amides is 1. The summed E-state index contributed by atoms with van der Waals surface area (Å²) in [5.74, 6) is -6.98. The Kier molecular flexibility index (Phi) is 7.99. The number of aliphatic hydroxyl groups is 3. The average molecular weight is 585 g/mol. The van der Waals surface area contributed by atoms with Gasteiger partial charge in [-0.3, -0.25) is 28.4 Å². The predicted molar refractivity (Wildman–Crippen MR) is 141 cm³/mol. The number of phenols is 1. The number of rotatable bonds is 4. The summed E-state index contributed by atoms with van der Waals surface area (Å²) in [6.07, 6.45) is 0.218. The van der Waals surface area contributed by atoms with Crippen LogP contribution in [0.5, 0.6) is 5.75 Å². The first-order chi connectivity index (χ1) is 18.2. The lowest BCUT2D eigenvalue weighted by Crippen LogP contribution is -2.63. The number of nitrogens with one attached hydrogen (secondary N) is 1. The van der Waals surface area contributed by atoms with Crippen molar-refractivity contribution in [2.45, 2.75) is 44.4 Å². The third kappa shape index (κ3) is 5.11. The Bertz CT molecular complexity index is 1460. The summed E-state index contributed by atoms with van der Waals surface area (Å²) < 4.78 is 31.6. The summed E-state index contributed by atoms with van der Waals surface area (Å²) in [6, 6.07) is 0.493. The lowest BCUT2D eigenvalue weighted by Gasteiger charge is -2.50. The van der Waals surface area contributed by atoms with E-state index in [9.17, 15) is 34.8 Å². The molecule has 3 unspecified atom stereocenters. The molecule has 220 valence electrons. The van der Waals surface area contributed by atoms with E-state index >= 15 is 0 Å². The second-order valence-electron chi connectivity index (χ2n) is 10.4. The van der Waals surface area contributed by atoms with Crippen LogP contribution in [0.1, 0.15) is 36.2 Å². The summed E-state index contributed by atoms with van der Waals surface area (Å²) in [5.41, 5.74) is 8.44. The molecule has 4 rings (SSSR count). The second kappa shape index (κ2) is 10.4. The monoisotopic (exact) mass is 584 g/mol. The maximum Gasteiger partial charge on any atom is 0.394 e. The predicted octanol–water partition coefficient (Wildman–Crippen LogP) is -0.130. The molecule has 1 aromatic rings. The summed E-state index contributed by atoms with van der Waals surface area (Å²) in [7, 11) is -1.50. The number of fused-ring (bicyclic) bond motifs is 3. The molecule has 4 atom stereocenters. The van der Waals surface area contributed by atoms with Gasteiger partial charge in [-0.1, -0.05) is 0 Å². The van der Waals surface area contributed by atoms with Gasteiger partial charge < -0.3 is 37.2 Å². The topological polar surface area (TPSA) is 274 Å². The summed E-state index contributed by atoms with van der Waals surface area (Å²) in [6.45, 7) is 3.80. The van der Waals surface area contributed by atoms with Crippen molar-refractivity contribution in [3.8, 4) is 5.75 Å². The highest BCUT2D eigenvalue weighted by molar-refractivity contribution is 7.79. The van der Waals surface area contributed by atoms with Crippen LogP contribution in [0, 0.1) is 11.8 Å². The molecule has 3 aliphatic carbocycles. The number of ketones is 2. The smallest absolute Gasteiger partial charge is 0.394 e. The molecule has 0 bridgehead atoms. The fourth-order valence-electron chi connectivity index (χ4n) is 5.78. The number of phenolic OH excluding ortho intramolecular Hbond substituents is 1. The van der Waals surface area contributed by atoms with Gasteiger partial charge in [0.05, 0.1) is 17.3 Å². The molecule has 15 nitrogen and oxygen atoms in total. The van der Waals surface area contributed by atoms with Crippen molar-refractivity contribution < 1.29 is 52.3 Å². The SMILES string of the molecule is CC(C)Nc1cc(N)c(O)c2c1CC1CC3[C@H](N(C)C)C(O)=C(C(N)=O)C(=O)C3(O)C(O)=C1C2=O.O=S(=O)(O)O. The minimum atomic E-state index is -4.67. The molecule has 0 aromatic heterocycles. The number of allylic oxidation sites excluding steroid dienone is 1. The number of aromatic hydroxyl groups is 1. The Balaban J connectivity index is 0.000000810. The molecule has 0 saturated heterocycles. The van der Waals surface area contributed by atoms with Gasteiger partial charge in [0.15, 0.2) is 11.4 Å². The average Bonchev–Trinajstić information content (AvgIpc) is 2.77. The number of aliphatic hydroxyl groups excluding tert-OH is 2. The number of hydrogen-bond acceptors (Lipinski definition) is 12. The van der Waals surface area contributed by atoms with Crippen LogP contribution in [0.2, 0.25) is 0 Å². The first kappa shape index (κ1) is 30.8. The molecule has 0 fully saturated rings. The molecule has 0 spiro atoms. The fraction of sp³-hybridized carbons (Fsp3) is 0.458. The number of nitrogens with zero attached hydrogens (tertiary/aromatic N) is 1. The second-order valence-corrected chi connectivity index (χ2v) is 11.3. The molecule has 3 aliphatic rings. The number of anilines is 2. The molecule has 0 aliphatic heterocycles. The number of amides is 1. The van der Waals surface area contributed by atoms with E-state index in [1.54, 1.807) is 14.1 Å². The van der Waals surface area contributed by atoms with Crippen molar-refractivity contribution in [3.63, 3.8) is 0 Å². The maximum absolute atomic E-state index is 13.6. The lowest BCUT2D eigenvalue weighted by atomic mass is 9.58. The van der Waals surface area contributed by atoms with E-state index in [-0.39, 0.29) is 35.7 Å². The van der Waals surface area contributed by atoms with Crippen molar-refractivity contribution in [1.29, 1.82) is 0 Å². The van der Waals surface area contributed by atoms with Crippen molar-refractivity contribution >= 4 is 39.2 Å². The van der Waals surface area contributed by atoms with Crippen LogP contribution < -0.4 is 16.8 Å². The molecule has 11 N–H and O–H groups in total. The number of carbonyl (C=O) groups is 3. The van der Waals surface area contributed by atoms with Crippen LogP contribution in [-0.4, -0.2) is 92.1 Å². The Morgan fingerprint density at radius 1 is 1.18 bits per heavy atom. The quantitative estimate of drug-likeness (QED) is 0.0733. The van der Waals surface area contributed by atoms with E-state index in [1.165, 1.54) is 11.0 Å². The van der Waals surface area contributed by atoms with Crippen LogP contribution >= 0.6 is 0 Å². The molecule has 1 amide bonds. The Hall–Kier alpha value is -3.70. The fourth-order valence-corrected chi connectivity index (χ4v) is 5.78. The molecule has 40 heavy (non-hydrogen) atoms. The number of benzene rings is 1. The van der Waals surface area contributed by atoms with Crippen molar-refractivity contribution in [2.24, 2.45) is 17.6 Å². The molecule has 1 aromatic carbocycles. The molecular weight excluding hydrogens is 552 g/mol. The highest BCUT2D eigenvalue weighted by atomic mass is 32.3. The normalized spacial score (nSPS) is 26.2. The Morgan fingerprint density at radius 2 is 1.73 bits per heavy atom. The zero-order valence-electron chi connectivity index (χ0n) is 22.0. The maximum atomic E-state index is 13.6. The first-order valence-corrected chi connectivity index (χ1v) is 13.4. The van der Waals surface area contributed by atoms with Gasteiger partial charge in [0.1, 0.15) is 22.8 Å². The van der Waals surface area contributed by atoms with Gasteiger partial charge in [0, 0.05) is 23.2 Å². The summed E-state index contributed by atoms with van der Waals surface area (Å²) >= 11 is 0. The van der Waals surface area contributed by atoms with Gasteiger partial charge in [-0.2, -0.15) is 8.42 Å². The highest BCUT2D eigenvalue weighted by Gasteiger charge is 2.63. The van der Waals surface area contributed by atoms with Crippen molar-refractivity contribution in [2.75, 3.05) is 25.1 Å². The number of nitrogens with two attached hydrogens (primary N) is 2. The van der Waals surface area contributed by atoms with Crippen LogP contribution in [0.3, 0.4) is 0 Å². The standard InChI is InChI=1S/C24H30N4O7.H2O4S/c1-8(2)27-13-7-12(25)18(29)15-10(13)5-9-6-11-17(28(3)4)20(31)16(23(26)34)22(33)24(11,35)21(32)14(9)19(15)30;1-5(2,3)4/h7-9,11,17,27,29,31-32,35H,5-6,25H2,1-4H3,(H2,26,34);(H2,1,2,3,4)/t9?,11?,17-,24?;/m0./s1. The Labute approximate surface area is 229 Å². The third-order valence-electron chi connectivity index (χ3n) is 7.20. The highest BCUT2D eigenvalue weighted by Crippen LogP contribution is 2.53. The molecular formula is C24H32N4O11S. The van der Waals surface area contributed by atoms with Gasteiger partial charge >= 0.3 is 10.4 Å². The van der Waals surface area contributed by atoms with Gasteiger partial charge in [-0.15, -0.1) is 0 Å². The van der Waals surface area contributed by atoms with Gasteiger partial charge in [0.25, 0.3) is 5.91 Å². The number of hydrogen-bond donors (Lipinski definition) is 9. The van der Waals surface area contributed by atoms with Crippen LogP contribution in [0.4, 0.5) is 11.4 Å². The van der Waals surface area contributed by atoms with Gasteiger partial charge in [-0.25, -0.2) is 0 Å². The van der Waals surface area contributed by atoms with Crippen LogP contribution in [0.15, 0.2) is 28.7 Å². The Morgan fingerprint density at radius 3 is 2.20 bits per heavy atom. The summed E-state index contributed by atoms with van der Waals surface area (Å²) in [5, 5.41) is 47.5.